The summed E-state index contributed by atoms with van der Waals surface area (Å²) in [6.07, 6.45) is -0.191. The average Bonchev–Trinajstić information content (AvgIpc) is 2.28. The molecule has 1 aromatic carbocycles. The molecule has 2 unspecified atom stereocenters. The van der Waals surface area contributed by atoms with E-state index >= 15 is 0 Å². The summed E-state index contributed by atoms with van der Waals surface area (Å²) in [4.78, 5) is 0. The van der Waals surface area contributed by atoms with Crippen LogP contribution in [-0.4, -0.2) is 25.3 Å². The van der Waals surface area contributed by atoms with Crippen LogP contribution < -0.4 is 10.1 Å². The van der Waals surface area contributed by atoms with Crippen molar-refractivity contribution in [2.75, 3.05) is 13.7 Å². The smallest absolute Gasteiger partial charge is 0.124 e. The highest BCUT2D eigenvalue weighted by Gasteiger charge is 2.34. The summed E-state index contributed by atoms with van der Waals surface area (Å²) < 4.78 is 24.5. The Morgan fingerprint density at radius 1 is 1.44 bits per heavy atom. The molecule has 3 nitrogen and oxygen atoms in total. The molecule has 4 heteroatoms. The number of hydrogen-bond donors (Lipinski definition) is 1. The molecule has 1 saturated heterocycles. The summed E-state index contributed by atoms with van der Waals surface area (Å²) in [5.41, 5.74) is 0.698. The van der Waals surface area contributed by atoms with E-state index in [2.05, 4.69) is 19.2 Å². The maximum absolute atomic E-state index is 13.4. The Morgan fingerprint density at radius 2 is 2.17 bits per heavy atom. The van der Waals surface area contributed by atoms with E-state index in [1.54, 1.807) is 13.2 Å². The van der Waals surface area contributed by atoms with Crippen LogP contribution in [-0.2, 0) is 4.74 Å². The van der Waals surface area contributed by atoms with Crippen molar-refractivity contribution in [3.05, 3.63) is 29.6 Å². The van der Waals surface area contributed by atoms with Crippen LogP contribution in [0.25, 0.3) is 0 Å². The lowest BCUT2D eigenvalue weighted by Gasteiger charge is -2.41. The third-order valence-electron chi connectivity index (χ3n) is 3.19. The second kappa shape index (κ2) is 4.86. The summed E-state index contributed by atoms with van der Waals surface area (Å²) >= 11 is 0. The van der Waals surface area contributed by atoms with Crippen LogP contribution in [0.3, 0.4) is 0 Å². The highest BCUT2D eigenvalue weighted by atomic mass is 19.1. The molecule has 1 N–H and O–H groups in total. The molecule has 2 rings (SSSR count). The van der Waals surface area contributed by atoms with E-state index < -0.39 is 0 Å². The van der Waals surface area contributed by atoms with Gasteiger partial charge in [-0.15, -0.1) is 0 Å². The van der Waals surface area contributed by atoms with Crippen molar-refractivity contribution in [1.82, 2.24) is 5.32 Å². The van der Waals surface area contributed by atoms with Crippen molar-refractivity contribution < 1.29 is 13.9 Å². The van der Waals surface area contributed by atoms with E-state index in [0.29, 0.717) is 12.4 Å². The zero-order valence-corrected chi connectivity index (χ0v) is 11.3. The highest BCUT2D eigenvalue weighted by molar-refractivity contribution is 5.37. The molecular formula is C14H20FNO2. The minimum Gasteiger partial charge on any atom is -0.496 e. The summed E-state index contributed by atoms with van der Waals surface area (Å²) in [6, 6.07) is 4.62. The van der Waals surface area contributed by atoms with Gasteiger partial charge in [-0.3, -0.25) is 0 Å². The molecule has 1 fully saturated rings. The van der Waals surface area contributed by atoms with E-state index in [9.17, 15) is 4.39 Å². The Morgan fingerprint density at radius 3 is 2.78 bits per heavy atom. The summed E-state index contributed by atoms with van der Waals surface area (Å²) in [7, 11) is 1.58. The number of ether oxygens (including phenoxy) is 2. The van der Waals surface area contributed by atoms with Gasteiger partial charge >= 0.3 is 0 Å². The maximum atomic E-state index is 13.4. The van der Waals surface area contributed by atoms with E-state index in [4.69, 9.17) is 9.47 Å². The number of benzene rings is 1. The molecule has 1 aromatic rings. The highest BCUT2D eigenvalue weighted by Crippen LogP contribution is 2.34. The fraction of sp³-hybridized carbons (Fsp3) is 0.571. The largest absolute Gasteiger partial charge is 0.496 e. The van der Waals surface area contributed by atoms with Gasteiger partial charge in [0.25, 0.3) is 0 Å². The van der Waals surface area contributed by atoms with Crippen molar-refractivity contribution in [2.24, 2.45) is 0 Å². The van der Waals surface area contributed by atoms with Gasteiger partial charge in [-0.1, -0.05) is 0 Å². The fourth-order valence-corrected chi connectivity index (χ4v) is 2.46. The van der Waals surface area contributed by atoms with Crippen LogP contribution in [0.2, 0.25) is 0 Å². The SMILES string of the molecule is COc1ccc(F)cc1C1OCC(C)(C)NC1C. The first kappa shape index (κ1) is 13.3. The lowest BCUT2D eigenvalue weighted by atomic mass is 9.95. The Bertz CT molecular complexity index is 434. The van der Waals surface area contributed by atoms with Crippen LogP contribution in [0.5, 0.6) is 5.75 Å². The van der Waals surface area contributed by atoms with Crippen molar-refractivity contribution >= 4 is 0 Å². The van der Waals surface area contributed by atoms with Crippen LogP contribution >= 0.6 is 0 Å². The molecule has 1 aliphatic rings. The second-order valence-corrected chi connectivity index (χ2v) is 5.43. The van der Waals surface area contributed by atoms with Gasteiger partial charge in [0.15, 0.2) is 0 Å². The zero-order chi connectivity index (χ0) is 13.3. The number of halogens is 1. The predicted octanol–water partition coefficient (Wildman–Crippen LogP) is 2.66. The third kappa shape index (κ3) is 2.65. The van der Waals surface area contributed by atoms with Crippen LogP contribution in [0.4, 0.5) is 4.39 Å². The van der Waals surface area contributed by atoms with Crippen molar-refractivity contribution in [1.29, 1.82) is 0 Å². The Kier molecular flexibility index (Phi) is 3.59. The van der Waals surface area contributed by atoms with E-state index in [-0.39, 0.29) is 23.5 Å². The second-order valence-electron chi connectivity index (χ2n) is 5.43. The molecular weight excluding hydrogens is 233 g/mol. The first-order valence-corrected chi connectivity index (χ1v) is 6.16. The first-order valence-electron chi connectivity index (χ1n) is 6.16. The van der Waals surface area contributed by atoms with E-state index in [1.165, 1.54) is 12.1 Å². The van der Waals surface area contributed by atoms with Crippen LogP contribution in [0.15, 0.2) is 18.2 Å². The summed E-state index contributed by atoms with van der Waals surface area (Å²) in [6.45, 7) is 6.79. The third-order valence-corrected chi connectivity index (χ3v) is 3.19. The molecule has 0 saturated carbocycles. The fourth-order valence-electron chi connectivity index (χ4n) is 2.46. The molecule has 0 spiro atoms. The van der Waals surface area contributed by atoms with Gasteiger partial charge in [0, 0.05) is 17.1 Å². The topological polar surface area (TPSA) is 30.5 Å². The number of nitrogens with one attached hydrogen (secondary N) is 1. The number of methoxy groups -OCH3 is 1. The summed E-state index contributed by atoms with van der Waals surface area (Å²) in [5.74, 6) is 0.390. The zero-order valence-electron chi connectivity index (χ0n) is 11.3. The molecule has 100 valence electrons. The van der Waals surface area contributed by atoms with Gasteiger partial charge in [0.05, 0.1) is 13.7 Å². The van der Waals surface area contributed by atoms with E-state index in [1.807, 2.05) is 6.92 Å². The van der Waals surface area contributed by atoms with Gasteiger partial charge in [-0.05, 0) is 39.0 Å². The molecule has 1 aliphatic heterocycles. The van der Waals surface area contributed by atoms with Gasteiger partial charge in [0.1, 0.15) is 17.7 Å². The number of morpholine rings is 1. The molecule has 0 radical (unpaired) electrons. The van der Waals surface area contributed by atoms with E-state index in [0.717, 1.165) is 5.56 Å². The van der Waals surface area contributed by atoms with Crippen molar-refractivity contribution in [2.45, 2.75) is 38.5 Å². The standard InChI is InChI=1S/C14H20FNO2/c1-9-13(18-8-14(2,3)16-9)11-7-10(15)5-6-12(11)17-4/h5-7,9,13,16H,8H2,1-4H3. The minimum atomic E-state index is -0.272. The molecule has 0 aromatic heterocycles. The lowest BCUT2D eigenvalue weighted by Crippen LogP contribution is -2.55. The van der Waals surface area contributed by atoms with Gasteiger partial charge < -0.3 is 14.8 Å². The van der Waals surface area contributed by atoms with Crippen molar-refractivity contribution in [3.8, 4) is 5.75 Å². The van der Waals surface area contributed by atoms with Crippen LogP contribution in [0.1, 0.15) is 32.4 Å². The monoisotopic (exact) mass is 253 g/mol. The summed E-state index contributed by atoms with van der Waals surface area (Å²) in [5, 5.41) is 3.47. The normalized spacial score (nSPS) is 26.9. The average molecular weight is 253 g/mol. The minimum absolute atomic E-state index is 0.0591. The Labute approximate surface area is 107 Å². The molecule has 18 heavy (non-hydrogen) atoms. The van der Waals surface area contributed by atoms with Gasteiger partial charge in [-0.25, -0.2) is 4.39 Å². The first-order chi connectivity index (χ1) is 8.43. The molecule has 0 amide bonds. The molecule has 0 bridgehead atoms. The molecule has 1 heterocycles. The predicted molar refractivity (Wildman–Crippen MR) is 68.3 cm³/mol. The number of hydrogen-bond acceptors (Lipinski definition) is 3. The quantitative estimate of drug-likeness (QED) is 0.879. The molecule has 0 aliphatic carbocycles. The molecule has 2 atom stereocenters. The van der Waals surface area contributed by atoms with Crippen molar-refractivity contribution in [3.63, 3.8) is 0 Å². The Balaban J connectivity index is 2.29. The van der Waals surface area contributed by atoms with Gasteiger partial charge in [0.2, 0.25) is 0 Å². The number of rotatable bonds is 2. The lowest BCUT2D eigenvalue weighted by molar-refractivity contribution is -0.0505. The Hall–Kier alpha value is -1.13. The van der Waals surface area contributed by atoms with Crippen LogP contribution in [0, 0.1) is 5.82 Å². The van der Waals surface area contributed by atoms with Gasteiger partial charge in [-0.2, -0.15) is 0 Å². The maximum Gasteiger partial charge on any atom is 0.124 e.